The first-order valence-electron chi connectivity index (χ1n) is 4.23. The van der Waals surface area contributed by atoms with E-state index < -0.39 is 6.17 Å². The lowest BCUT2D eigenvalue weighted by Crippen LogP contribution is -2.37. The van der Waals surface area contributed by atoms with E-state index in [2.05, 4.69) is 4.90 Å². The van der Waals surface area contributed by atoms with Crippen molar-refractivity contribution in [2.75, 3.05) is 32.8 Å². The fourth-order valence-corrected chi connectivity index (χ4v) is 1.19. The first-order chi connectivity index (χ1) is 5.29. The average molecular weight is 161 g/mol. The molecule has 0 N–H and O–H groups in total. The molecule has 0 spiro atoms. The van der Waals surface area contributed by atoms with Gasteiger partial charge in [-0.1, -0.05) is 0 Å². The molecule has 0 aliphatic carbocycles. The lowest BCUT2D eigenvalue weighted by molar-refractivity contribution is 0.0348. The van der Waals surface area contributed by atoms with Crippen LogP contribution in [-0.2, 0) is 4.74 Å². The Labute approximate surface area is 67.3 Å². The van der Waals surface area contributed by atoms with Crippen LogP contribution in [0, 0.1) is 0 Å². The number of alkyl halides is 1. The number of hydrogen-bond donors (Lipinski definition) is 0. The number of hydrogen-bond acceptors (Lipinski definition) is 2. The van der Waals surface area contributed by atoms with E-state index in [0.29, 0.717) is 6.42 Å². The maximum atomic E-state index is 12.4. The van der Waals surface area contributed by atoms with Crippen LogP contribution in [0.5, 0.6) is 0 Å². The van der Waals surface area contributed by atoms with Crippen molar-refractivity contribution < 1.29 is 9.13 Å². The summed E-state index contributed by atoms with van der Waals surface area (Å²) in [6, 6.07) is 0. The maximum Gasteiger partial charge on any atom is 0.0985 e. The molecule has 0 aromatic heterocycles. The van der Waals surface area contributed by atoms with Crippen molar-refractivity contribution in [3.8, 4) is 0 Å². The third-order valence-corrected chi connectivity index (χ3v) is 1.95. The summed E-state index contributed by atoms with van der Waals surface area (Å²) in [5.74, 6) is 0. The van der Waals surface area contributed by atoms with Crippen LogP contribution in [0.15, 0.2) is 0 Å². The summed E-state index contributed by atoms with van der Waals surface area (Å²) < 4.78 is 17.6. The van der Waals surface area contributed by atoms with Gasteiger partial charge in [-0.15, -0.1) is 0 Å². The second-order valence-electron chi connectivity index (χ2n) is 3.02. The third kappa shape index (κ3) is 3.68. The third-order valence-electron chi connectivity index (χ3n) is 1.95. The predicted octanol–water partition coefficient (Wildman–Crippen LogP) is 1.07. The zero-order chi connectivity index (χ0) is 8.10. The van der Waals surface area contributed by atoms with E-state index in [9.17, 15) is 4.39 Å². The highest BCUT2D eigenvalue weighted by Gasteiger charge is 2.10. The van der Waals surface area contributed by atoms with E-state index in [1.54, 1.807) is 6.92 Å². The normalized spacial score (nSPS) is 23.5. The molecule has 3 heteroatoms. The van der Waals surface area contributed by atoms with Gasteiger partial charge in [0.05, 0.1) is 19.4 Å². The van der Waals surface area contributed by atoms with Crippen molar-refractivity contribution in [2.24, 2.45) is 0 Å². The summed E-state index contributed by atoms with van der Waals surface area (Å²) in [4.78, 5) is 2.25. The van der Waals surface area contributed by atoms with Gasteiger partial charge in [0.1, 0.15) is 0 Å². The van der Waals surface area contributed by atoms with E-state index in [-0.39, 0.29) is 0 Å². The van der Waals surface area contributed by atoms with Crippen molar-refractivity contribution in [2.45, 2.75) is 19.5 Å². The van der Waals surface area contributed by atoms with Gasteiger partial charge in [0.25, 0.3) is 0 Å². The van der Waals surface area contributed by atoms with Gasteiger partial charge in [0.2, 0.25) is 0 Å². The van der Waals surface area contributed by atoms with E-state index >= 15 is 0 Å². The Morgan fingerprint density at radius 1 is 1.45 bits per heavy atom. The molecule has 1 rings (SSSR count). The van der Waals surface area contributed by atoms with E-state index in [1.165, 1.54) is 0 Å². The molecule has 0 saturated carbocycles. The number of nitrogens with zero attached hydrogens (tertiary/aromatic N) is 1. The Balaban J connectivity index is 2.05. The first kappa shape index (κ1) is 8.94. The number of rotatable bonds is 3. The molecule has 0 amide bonds. The quantitative estimate of drug-likeness (QED) is 0.614. The SMILES string of the molecule is CC(F)CCN1CCOCC1. The summed E-state index contributed by atoms with van der Waals surface area (Å²) in [6.45, 7) is 6.03. The highest BCUT2D eigenvalue weighted by atomic mass is 19.1. The maximum absolute atomic E-state index is 12.4. The summed E-state index contributed by atoms with van der Waals surface area (Å²) in [5.41, 5.74) is 0. The van der Waals surface area contributed by atoms with Crippen molar-refractivity contribution in [1.29, 1.82) is 0 Å². The van der Waals surface area contributed by atoms with Crippen LogP contribution in [0.4, 0.5) is 4.39 Å². The van der Waals surface area contributed by atoms with Gasteiger partial charge in [-0.3, -0.25) is 4.90 Å². The van der Waals surface area contributed by atoms with E-state index in [4.69, 9.17) is 4.74 Å². The topological polar surface area (TPSA) is 12.5 Å². The van der Waals surface area contributed by atoms with Crippen molar-refractivity contribution in [3.05, 3.63) is 0 Å². The summed E-state index contributed by atoms with van der Waals surface area (Å²) >= 11 is 0. The minimum Gasteiger partial charge on any atom is -0.379 e. The molecule has 1 saturated heterocycles. The van der Waals surface area contributed by atoms with Gasteiger partial charge in [0, 0.05) is 19.6 Å². The zero-order valence-corrected chi connectivity index (χ0v) is 7.05. The van der Waals surface area contributed by atoms with Crippen LogP contribution >= 0.6 is 0 Å². The Kier molecular flexibility index (Phi) is 3.80. The number of morpholine rings is 1. The van der Waals surface area contributed by atoms with Gasteiger partial charge in [-0.05, 0) is 13.3 Å². The fraction of sp³-hybridized carbons (Fsp3) is 1.00. The zero-order valence-electron chi connectivity index (χ0n) is 7.05. The molecule has 2 nitrogen and oxygen atoms in total. The average Bonchev–Trinajstić information content (AvgIpc) is 2.03. The molecule has 0 aromatic rings. The molecule has 1 fully saturated rings. The van der Waals surface area contributed by atoms with Gasteiger partial charge < -0.3 is 4.74 Å². The molecule has 0 radical (unpaired) electrons. The van der Waals surface area contributed by atoms with Crippen molar-refractivity contribution in [1.82, 2.24) is 4.90 Å². The molecule has 0 bridgehead atoms. The Bertz CT molecular complexity index is 102. The minimum atomic E-state index is -0.669. The summed E-state index contributed by atoms with van der Waals surface area (Å²) in [6.07, 6.45) is -0.0159. The van der Waals surface area contributed by atoms with Crippen molar-refractivity contribution >= 4 is 0 Å². The summed E-state index contributed by atoms with van der Waals surface area (Å²) in [5, 5.41) is 0. The standard InChI is InChI=1S/C8H16FNO/c1-8(9)2-3-10-4-6-11-7-5-10/h8H,2-7H2,1H3. The lowest BCUT2D eigenvalue weighted by atomic mass is 10.3. The Morgan fingerprint density at radius 2 is 2.09 bits per heavy atom. The number of halogens is 1. The highest BCUT2D eigenvalue weighted by molar-refractivity contribution is 4.62. The van der Waals surface area contributed by atoms with Crippen molar-refractivity contribution in [3.63, 3.8) is 0 Å². The fourth-order valence-electron chi connectivity index (χ4n) is 1.19. The molecule has 1 aliphatic rings. The first-order valence-corrected chi connectivity index (χ1v) is 4.23. The minimum absolute atomic E-state index is 0.653. The van der Waals surface area contributed by atoms with Gasteiger partial charge in [0.15, 0.2) is 0 Å². The monoisotopic (exact) mass is 161 g/mol. The number of ether oxygens (including phenoxy) is 1. The largest absolute Gasteiger partial charge is 0.379 e. The van der Waals surface area contributed by atoms with Crippen LogP contribution in [0.3, 0.4) is 0 Å². The lowest BCUT2D eigenvalue weighted by Gasteiger charge is -2.26. The smallest absolute Gasteiger partial charge is 0.0985 e. The van der Waals surface area contributed by atoms with Crippen LogP contribution in [0.25, 0.3) is 0 Å². The van der Waals surface area contributed by atoms with E-state index in [1.807, 2.05) is 0 Å². The van der Waals surface area contributed by atoms with Crippen LogP contribution in [0.1, 0.15) is 13.3 Å². The van der Waals surface area contributed by atoms with Gasteiger partial charge in [-0.25, -0.2) is 4.39 Å². The molecular formula is C8H16FNO. The molecule has 1 unspecified atom stereocenters. The summed E-state index contributed by atoms with van der Waals surface area (Å²) in [7, 11) is 0. The second-order valence-corrected chi connectivity index (χ2v) is 3.02. The van der Waals surface area contributed by atoms with Gasteiger partial charge >= 0.3 is 0 Å². The molecule has 66 valence electrons. The molecule has 1 heterocycles. The van der Waals surface area contributed by atoms with Crippen LogP contribution in [-0.4, -0.2) is 43.9 Å². The molecular weight excluding hydrogens is 145 g/mol. The Hall–Kier alpha value is -0.150. The second kappa shape index (κ2) is 4.67. The van der Waals surface area contributed by atoms with Gasteiger partial charge in [-0.2, -0.15) is 0 Å². The highest BCUT2D eigenvalue weighted by Crippen LogP contribution is 2.01. The van der Waals surface area contributed by atoms with Crippen LogP contribution < -0.4 is 0 Å². The van der Waals surface area contributed by atoms with E-state index in [0.717, 1.165) is 32.8 Å². The molecule has 1 aliphatic heterocycles. The molecule has 11 heavy (non-hydrogen) atoms. The predicted molar refractivity (Wildman–Crippen MR) is 42.4 cm³/mol. The Morgan fingerprint density at radius 3 is 2.64 bits per heavy atom. The molecule has 0 aromatic carbocycles. The molecule has 1 atom stereocenters. The van der Waals surface area contributed by atoms with Crippen LogP contribution in [0.2, 0.25) is 0 Å².